The summed E-state index contributed by atoms with van der Waals surface area (Å²) < 4.78 is 40.0. The van der Waals surface area contributed by atoms with Crippen LogP contribution in [0.5, 0.6) is 0 Å². The summed E-state index contributed by atoms with van der Waals surface area (Å²) in [5.41, 5.74) is 1.01. The van der Waals surface area contributed by atoms with Gasteiger partial charge < -0.3 is 10.2 Å². The van der Waals surface area contributed by atoms with Crippen LogP contribution in [0.1, 0.15) is 12.5 Å². The first-order valence-electron chi connectivity index (χ1n) is 8.27. The highest BCUT2D eigenvalue weighted by molar-refractivity contribution is 7.91. The van der Waals surface area contributed by atoms with Crippen LogP contribution in [0.2, 0.25) is 0 Å². The number of guanidine groups is 1. The molecule has 0 amide bonds. The fourth-order valence-corrected chi connectivity index (χ4v) is 3.65. The molecule has 0 radical (unpaired) electrons. The Kier molecular flexibility index (Phi) is 6.73. The molecule has 0 saturated carbocycles. The second-order valence-electron chi connectivity index (χ2n) is 5.86. The predicted molar refractivity (Wildman–Crippen MR) is 99.1 cm³/mol. The van der Waals surface area contributed by atoms with E-state index in [2.05, 4.69) is 15.4 Å². The van der Waals surface area contributed by atoms with Gasteiger partial charge in [0.05, 0.1) is 18.5 Å². The van der Waals surface area contributed by atoms with E-state index < -0.39 is 15.7 Å². The first-order valence-corrected chi connectivity index (χ1v) is 9.93. The largest absolute Gasteiger partial charge is 0.357 e. The maximum atomic E-state index is 13.7. The topological polar surface area (TPSA) is 79.6 Å². The fourth-order valence-electron chi connectivity index (χ4n) is 2.45. The zero-order chi connectivity index (χ0) is 19.2. The van der Waals surface area contributed by atoms with Crippen molar-refractivity contribution >= 4 is 15.8 Å². The van der Waals surface area contributed by atoms with Gasteiger partial charge in [-0.1, -0.05) is 12.1 Å². The van der Waals surface area contributed by atoms with E-state index in [0.717, 1.165) is 11.6 Å². The van der Waals surface area contributed by atoms with Gasteiger partial charge in [0.2, 0.25) is 0 Å². The highest BCUT2D eigenvalue weighted by Gasteiger charge is 2.18. The molecule has 1 heterocycles. The van der Waals surface area contributed by atoms with Crippen LogP contribution in [0.25, 0.3) is 0 Å². The van der Waals surface area contributed by atoms with Crippen molar-refractivity contribution in [1.29, 1.82) is 0 Å². The highest BCUT2D eigenvalue weighted by atomic mass is 32.2. The van der Waals surface area contributed by atoms with Gasteiger partial charge in [0.15, 0.2) is 15.8 Å². The zero-order valence-electron chi connectivity index (χ0n) is 15.2. The lowest BCUT2D eigenvalue weighted by molar-refractivity contribution is 0.477. The van der Waals surface area contributed by atoms with Crippen LogP contribution in [0, 0.1) is 5.82 Å². The Morgan fingerprint density at radius 1 is 1.38 bits per heavy atom. The van der Waals surface area contributed by atoms with E-state index in [1.54, 1.807) is 10.9 Å². The summed E-state index contributed by atoms with van der Waals surface area (Å²) >= 11 is 0. The first kappa shape index (κ1) is 19.9. The van der Waals surface area contributed by atoms with Crippen LogP contribution in [-0.2, 0) is 23.4 Å². The van der Waals surface area contributed by atoms with Crippen molar-refractivity contribution in [3.8, 4) is 0 Å². The summed E-state index contributed by atoms with van der Waals surface area (Å²) in [6.45, 7) is 3.20. The molecule has 1 aromatic heterocycles. The molecular weight excluding hydrogens is 357 g/mol. The van der Waals surface area contributed by atoms with Crippen molar-refractivity contribution in [1.82, 2.24) is 20.0 Å². The molecule has 7 nitrogen and oxygen atoms in total. The van der Waals surface area contributed by atoms with Crippen LogP contribution in [0.3, 0.4) is 0 Å². The Labute approximate surface area is 153 Å². The number of nitrogens with zero attached hydrogens (tertiary/aromatic N) is 4. The van der Waals surface area contributed by atoms with E-state index in [1.807, 2.05) is 32.1 Å². The minimum atomic E-state index is -3.72. The molecule has 2 rings (SSSR count). The first-order chi connectivity index (χ1) is 12.3. The number of aryl methyl sites for hydroxylation is 1. The summed E-state index contributed by atoms with van der Waals surface area (Å²) in [5.74, 6) is -0.416. The van der Waals surface area contributed by atoms with E-state index in [9.17, 15) is 12.8 Å². The molecule has 0 fully saturated rings. The van der Waals surface area contributed by atoms with Crippen LogP contribution in [0.4, 0.5) is 4.39 Å². The van der Waals surface area contributed by atoms with Crippen LogP contribution in [-0.4, -0.2) is 54.9 Å². The van der Waals surface area contributed by atoms with Crippen molar-refractivity contribution in [3.05, 3.63) is 48.0 Å². The van der Waals surface area contributed by atoms with Gasteiger partial charge >= 0.3 is 0 Å². The Morgan fingerprint density at radius 2 is 2.12 bits per heavy atom. The van der Waals surface area contributed by atoms with Gasteiger partial charge in [0.25, 0.3) is 0 Å². The molecule has 1 N–H and O–H groups in total. The molecule has 142 valence electrons. The summed E-state index contributed by atoms with van der Waals surface area (Å²) in [6, 6.07) is 5.38. The summed E-state index contributed by atoms with van der Waals surface area (Å²) in [5, 5.41) is 7.25. The van der Waals surface area contributed by atoms with E-state index in [-0.39, 0.29) is 17.2 Å². The zero-order valence-corrected chi connectivity index (χ0v) is 16.0. The van der Waals surface area contributed by atoms with Gasteiger partial charge in [-0.25, -0.2) is 12.8 Å². The number of aromatic nitrogens is 2. The van der Waals surface area contributed by atoms with Gasteiger partial charge in [-0.05, 0) is 19.1 Å². The third kappa shape index (κ3) is 5.29. The van der Waals surface area contributed by atoms with Crippen molar-refractivity contribution in [3.63, 3.8) is 0 Å². The third-order valence-electron chi connectivity index (χ3n) is 3.67. The molecule has 0 bridgehead atoms. The molecule has 0 aliphatic rings. The fraction of sp³-hybridized carbons (Fsp3) is 0.412. The van der Waals surface area contributed by atoms with Crippen molar-refractivity contribution < 1.29 is 12.8 Å². The summed E-state index contributed by atoms with van der Waals surface area (Å²) in [4.78, 5) is 5.96. The summed E-state index contributed by atoms with van der Waals surface area (Å²) in [7, 11) is -0.0199. The lowest BCUT2D eigenvalue weighted by Gasteiger charge is -2.21. The van der Waals surface area contributed by atoms with Crippen molar-refractivity contribution in [2.45, 2.75) is 18.4 Å². The number of hydrogen-bond acceptors (Lipinski definition) is 4. The number of halogens is 1. The van der Waals surface area contributed by atoms with Gasteiger partial charge in [-0.2, -0.15) is 5.10 Å². The maximum absolute atomic E-state index is 13.7. The molecule has 0 saturated heterocycles. The molecule has 0 spiro atoms. The van der Waals surface area contributed by atoms with Crippen LogP contribution < -0.4 is 5.32 Å². The lowest BCUT2D eigenvalue weighted by Crippen LogP contribution is -2.38. The quantitative estimate of drug-likeness (QED) is 0.580. The SMILES string of the molecule is CCNC(=NCCS(=O)(=O)c1ccccc1F)N(C)Cc1cnn(C)c1. The van der Waals surface area contributed by atoms with Crippen LogP contribution in [0.15, 0.2) is 46.5 Å². The predicted octanol–water partition coefficient (Wildman–Crippen LogP) is 1.43. The van der Waals surface area contributed by atoms with Gasteiger partial charge in [-0.15, -0.1) is 0 Å². The number of rotatable bonds is 7. The van der Waals surface area contributed by atoms with Gasteiger partial charge in [0.1, 0.15) is 10.7 Å². The summed E-state index contributed by atoms with van der Waals surface area (Å²) in [6.07, 6.45) is 3.67. The normalized spacial score (nSPS) is 12.2. The smallest absolute Gasteiger partial charge is 0.193 e. The molecule has 0 aliphatic carbocycles. The molecule has 26 heavy (non-hydrogen) atoms. The molecule has 9 heteroatoms. The van der Waals surface area contributed by atoms with Crippen LogP contribution >= 0.6 is 0 Å². The van der Waals surface area contributed by atoms with E-state index >= 15 is 0 Å². The number of sulfone groups is 1. The highest BCUT2D eigenvalue weighted by Crippen LogP contribution is 2.15. The maximum Gasteiger partial charge on any atom is 0.193 e. The Bertz CT molecular complexity index is 864. The average Bonchev–Trinajstić information content (AvgIpc) is 2.99. The van der Waals surface area contributed by atoms with E-state index in [4.69, 9.17) is 0 Å². The minimum Gasteiger partial charge on any atom is -0.357 e. The molecular formula is C17H24FN5O2S. The molecule has 1 aromatic carbocycles. The standard InChI is InChI=1S/C17H24FN5O2S/c1-4-19-17(22(2)12-14-11-21-23(3)13-14)20-9-10-26(24,25)16-8-6-5-7-15(16)18/h5-8,11,13H,4,9-10,12H2,1-3H3,(H,19,20). The second kappa shape index (κ2) is 8.79. The number of aliphatic imine (C=N–C) groups is 1. The molecule has 0 unspecified atom stereocenters. The molecule has 0 atom stereocenters. The van der Waals surface area contributed by atoms with Gasteiger partial charge in [0, 0.05) is 38.9 Å². The lowest BCUT2D eigenvalue weighted by atomic mass is 10.3. The second-order valence-corrected chi connectivity index (χ2v) is 7.94. The number of hydrogen-bond donors (Lipinski definition) is 1. The van der Waals surface area contributed by atoms with E-state index in [1.165, 1.54) is 18.2 Å². The van der Waals surface area contributed by atoms with E-state index in [0.29, 0.717) is 19.0 Å². The number of benzene rings is 1. The Hall–Kier alpha value is -2.42. The van der Waals surface area contributed by atoms with Crippen molar-refractivity contribution in [2.24, 2.45) is 12.0 Å². The molecule has 0 aliphatic heterocycles. The molecule has 2 aromatic rings. The minimum absolute atomic E-state index is 0.0381. The number of nitrogens with one attached hydrogen (secondary N) is 1. The Morgan fingerprint density at radius 3 is 2.73 bits per heavy atom. The van der Waals surface area contributed by atoms with Gasteiger partial charge in [-0.3, -0.25) is 9.67 Å². The average molecular weight is 381 g/mol. The van der Waals surface area contributed by atoms with Crippen molar-refractivity contribution in [2.75, 3.05) is 25.9 Å². The monoisotopic (exact) mass is 381 g/mol. The third-order valence-corrected chi connectivity index (χ3v) is 5.39. The Balaban J connectivity index is 2.05.